The highest BCUT2D eigenvalue weighted by molar-refractivity contribution is 6.20. The lowest BCUT2D eigenvalue weighted by Gasteiger charge is -2.37. The number of hydrogen-bond acceptors (Lipinski definition) is 8. The lowest BCUT2D eigenvalue weighted by atomic mass is 10.0. The van der Waals surface area contributed by atoms with Gasteiger partial charge in [-0.3, -0.25) is 14.8 Å². The van der Waals surface area contributed by atoms with E-state index in [-0.39, 0.29) is 30.3 Å². The van der Waals surface area contributed by atoms with E-state index < -0.39 is 23.4 Å². The number of carbonyl (C=O) groups is 1. The topological polar surface area (TPSA) is 117 Å². The van der Waals surface area contributed by atoms with E-state index in [1.165, 1.54) is 25.3 Å². The van der Waals surface area contributed by atoms with Gasteiger partial charge in [0, 0.05) is 54.3 Å². The number of anilines is 2. The molecule has 0 atom stereocenters. The molecule has 5 rings (SSSR count). The fourth-order valence-electron chi connectivity index (χ4n) is 4.56. The molecule has 0 bridgehead atoms. The molecular weight excluding hydrogens is 510 g/mol. The predicted octanol–water partition coefficient (Wildman–Crippen LogP) is 4.99. The number of amides is 2. The first-order valence-electron chi connectivity index (χ1n) is 12.3. The number of methoxy groups -OCH3 is 2. The van der Waals surface area contributed by atoms with E-state index in [0.717, 1.165) is 29.6 Å². The molecule has 0 saturated heterocycles. The molecule has 2 aliphatic rings. The van der Waals surface area contributed by atoms with Crippen LogP contribution in [-0.4, -0.2) is 43.2 Å². The van der Waals surface area contributed by atoms with Crippen molar-refractivity contribution < 1.29 is 27.6 Å². The third kappa shape index (κ3) is 4.77. The molecule has 10 nitrogen and oxygen atoms in total. The number of allylic oxidation sites excluding steroid dienone is 1. The molecule has 1 aromatic carbocycles. The van der Waals surface area contributed by atoms with Gasteiger partial charge in [-0.15, -0.1) is 0 Å². The lowest BCUT2D eigenvalue weighted by Crippen LogP contribution is -2.48. The molecule has 3 aromatic rings. The molecule has 2 aromatic heterocycles. The maximum Gasteiger partial charge on any atom is 0.329 e. The normalized spacial score (nSPS) is 15.3. The van der Waals surface area contributed by atoms with Gasteiger partial charge in [0.05, 0.1) is 38.7 Å². The van der Waals surface area contributed by atoms with E-state index in [1.54, 1.807) is 32.3 Å². The van der Waals surface area contributed by atoms with Crippen molar-refractivity contribution in [3.63, 3.8) is 0 Å². The summed E-state index contributed by atoms with van der Waals surface area (Å²) >= 11 is 0. The van der Waals surface area contributed by atoms with Crippen LogP contribution in [0.25, 0.3) is 5.57 Å². The van der Waals surface area contributed by atoms with E-state index in [0.29, 0.717) is 34.1 Å². The van der Waals surface area contributed by atoms with Gasteiger partial charge in [0.2, 0.25) is 0 Å². The third-order valence-electron chi connectivity index (χ3n) is 6.71. The molecule has 0 unspecified atom stereocenters. The van der Waals surface area contributed by atoms with Crippen LogP contribution in [0.4, 0.5) is 25.0 Å². The Morgan fingerprint density at radius 2 is 1.90 bits per heavy atom. The van der Waals surface area contributed by atoms with Gasteiger partial charge in [0.25, 0.3) is 0 Å². The Labute approximate surface area is 223 Å². The van der Waals surface area contributed by atoms with Crippen LogP contribution in [0.2, 0.25) is 0 Å². The van der Waals surface area contributed by atoms with Crippen LogP contribution in [0.1, 0.15) is 48.4 Å². The van der Waals surface area contributed by atoms with Gasteiger partial charge in [-0.05, 0) is 25.8 Å². The van der Waals surface area contributed by atoms with Crippen molar-refractivity contribution in [2.45, 2.75) is 38.8 Å². The standard InChI is InChI=1S/C27H28F2N6O4/c1-14(30)18(11-31-2)19-8-20-16(10-32-19)12-35(26-24(28)22(37-3)9-23(38-4)25(26)29)27(36)34(20)13-17-7-21(39-33-17)15-5-6-15/h7-11,15,30-31H,5-6,12-13H2,1-4H3/b18-11+,30-14?. The highest BCUT2D eigenvalue weighted by atomic mass is 19.1. The molecule has 204 valence electrons. The van der Waals surface area contributed by atoms with Crippen molar-refractivity contribution in [2.75, 3.05) is 31.1 Å². The smallest absolute Gasteiger partial charge is 0.329 e. The molecule has 0 spiro atoms. The Morgan fingerprint density at radius 3 is 2.49 bits per heavy atom. The van der Waals surface area contributed by atoms with Crippen LogP contribution in [-0.2, 0) is 13.1 Å². The number of hydrogen-bond donors (Lipinski definition) is 2. The van der Waals surface area contributed by atoms with Crippen LogP contribution >= 0.6 is 0 Å². The molecule has 12 heteroatoms. The van der Waals surface area contributed by atoms with Gasteiger partial charge in [-0.1, -0.05) is 5.16 Å². The molecule has 1 saturated carbocycles. The van der Waals surface area contributed by atoms with Crippen molar-refractivity contribution in [2.24, 2.45) is 0 Å². The third-order valence-corrected chi connectivity index (χ3v) is 6.71. The first-order valence-corrected chi connectivity index (χ1v) is 12.3. The van der Waals surface area contributed by atoms with E-state index >= 15 is 8.78 Å². The number of pyridine rings is 1. The lowest BCUT2D eigenvalue weighted by molar-refractivity contribution is 0.249. The molecule has 2 N–H and O–H groups in total. The van der Waals surface area contributed by atoms with Gasteiger partial charge in [-0.25, -0.2) is 13.6 Å². The van der Waals surface area contributed by atoms with Gasteiger partial charge < -0.3 is 24.7 Å². The minimum atomic E-state index is -1.03. The number of halogens is 2. The zero-order chi connectivity index (χ0) is 27.8. The highest BCUT2D eigenvalue weighted by Gasteiger charge is 2.38. The summed E-state index contributed by atoms with van der Waals surface area (Å²) in [4.78, 5) is 20.8. The minimum Gasteiger partial charge on any atom is -0.493 e. The summed E-state index contributed by atoms with van der Waals surface area (Å²) in [7, 11) is 4.20. The minimum absolute atomic E-state index is 0.0129. The number of benzene rings is 1. The van der Waals surface area contributed by atoms with Crippen LogP contribution in [0.15, 0.2) is 35.1 Å². The maximum atomic E-state index is 15.5. The zero-order valence-corrected chi connectivity index (χ0v) is 22.0. The molecule has 1 aliphatic carbocycles. The molecule has 39 heavy (non-hydrogen) atoms. The second-order valence-corrected chi connectivity index (χ2v) is 9.38. The maximum absolute atomic E-state index is 15.5. The van der Waals surface area contributed by atoms with Crippen molar-refractivity contribution in [3.05, 3.63) is 64.9 Å². The highest BCUT2D eigenvalue weighted by Crippen LogP contribution is 2.43. The molecular formula is C27H28F2N6O4. The van der Waals surface area contributed by atoms with Crippen LogP contribution in [0, 0.1) is 17.0 Å². The van der Waals surface area contributed by atoms with Crippen LogP contribution < -0.4 is 24.6 Å². The number of fused-ring (bicyclic) bond motifs is 1. The summed E-state index contributed by atoms with van der Waals surface area (Å²) in [5.74, 6) is -1.54. The summed E-state index contributed by atoms with van der Waals surface area (Å²) in [5.41, 5.74) is 2.18. The summed E-state index contributed by atoms with van der Waals surface area (Å²) < 4.78 is 46.6. The van der Waals surface area contributed by atoms with Gasteiger partial charge >= 0.3 is 6.03 Å². The van der Waals surface area contributed by atoms with Crippen LogP contribution in [0.3, 0.4) is 0 Å². The van der Waals surface area contributed by atoms with E-state index in [9.17, 15) is 4.79 Å². The molecule has 3 heterocycles. The number of urea groups is 1. The van der Waals surface area contributed by atoms with Gasteiger partial charge in [-0.2, -0.15) is 0 Å². The second-order valence-electron chi connectivity index (χ2n) is 9.38. The Balaban J connectivity index is 1.63. The number of rotatable bonds is 9. The van der Waals surface area contributed by atoms with Gasteiger partial charge in [0.1, 0.15) is 17.1 Å². The van der Waals surface area contributed by atoms with E-state index in [4.69, 9.17) is 19.4 Å². The summed E-state index contributed by atoms with van der Waals surface area (Å²) in [6.45, 7) is 1.45. The fourth-order valence-corrected chi connectivity index (χ4v) is 4.56. The number of aromatic nitrogens is 2. The Hall–Kier alpha value is -4.48. The number of ether oxygens (including phenoxy) is 2. The van der Waals surface area contributed by atoms with E-state index in [2.05, 4.69) is 15.5 Å². The average Bonchev–Trinajstić information content (AvgIpc) is 3.67. The second kappa shape index (κ2) is 10.4. The molecule has 0 radical (unpaired) electrons. The summed E-state index contributed by atoms with van der Waals surface area (Å²) in [6, 6.07) is 3.89. The number of carbonyl (C=O) groups excluding carboxylic acids is 1. The molecule has 1 fully saturated rings. The first-order chi connectivity index (χ1) is 18.8. The zero-order valence-electron chi connectivity index (χ0n) is 22.0. The van der Waals surface area contributed by atoms with Crippen molar-refractivity contribution in [3.8, 4) is 11.5 Å². The summed E-state index contributed by atoms with van der Waals surface area (Å²) in [5, 5.41) is 15.2. The SMILES string of the molecule is CN/C=C(\C(C)=N)c1cc2c(cn1)CN(c1c(F)c(OC)cc(OC)c1F)C(=O)N2Cc1cc(C2CC2)on1. The monoisotopic (exact) mass is 538 g/mol. The van der Waals surface area contributed by atoms with Crippen molar-refractivity contribution in [1.82, 2.24) is 15.5 Å². The quantitative estimate of drug-likeness (QED) is 0.369. The predicted molar refractivity (Wildman–Crippen MR) is 140 cm³/mol. The fraction of sp³-hybridized carbons (Fsp3) is 0.333. The largest absolute Gasteiger partial charge is 0.493 e. The van der Waals surface area contributed by atoms with Crippen molar-refractivity contribution in [1.29, 1.82) is 5.41 Å². The van der Waals surface area contributed by atoms with Crippen LogP contribution in [0.5, 0.6) is 11.5 Å². The van der Waals surface area contributed by atoms with E-state index in [1.807, 2.05) is 0 Å². The molecule has 1 aliphatic heterocycles. The first kappa shape index (κ1) is 26.1. The van der Waals surface area contributed by atoms with Gasteiger partial charge in [0.15, 0.2) is 23.1 Å². The van der Waals surface area contributed by atoms with Crippen molar-refractivity contribution >= 4 is 28.7 Å². The Kier molecular flexibility index (Phi) is 6.94. The summed E-state index contributed by atoms with van der Waals surface area (Å²) in [6.07, 6.45) is 5.21. The number of nitrogens with zero attached hydrogens (tertiary/aromatic N) is 4. The Bertz CT molecular complexity index is 1450. The number of nitrogens with one attached hydrogen (secondary N) is 2. The average molecular weight is 539 g/mol. The Morgan fingerprint density at radius 1 is 1.21 bits per heavy atom. The molecule has 2 amide bonds.